The maximum Gasteiger partial charge on any atom is 0.237 e. The molecule has 0 aliphatic carbocycles. The van der Waals surface area contributed by atoms with Crippen molar-refractivity contribution in [2.45, 2.75) is 65.6 Å². The van der Waals surface area contributed by atoms with Gasteiger partial charge in [0, 0.05) is 12.6 Å². The van der Waals surface area contributed by atoms with E-state index in [0.29, 0.717) is 0 Å². The van der Waals surface area contributed by atoms with E-state index in [1.807, 2.05) is 27.8 Å². The minimum Gasteiger partial charge on any atom is -0.353 e. The first-order valence-electron chi connectivity index (χ1n) is 7.71. The van der Waals surface area contributed by atoms with Gasteiger partial charge in [0.25, 0.3) is 0 Å². The summed E-state index contributed by atoms with van der Waals surface area (Å²) in [6.45, 7) is 13.3. The predicted molar refractivity (Wildman–Crippen MR) is 89.3 cm³/mol. The average molecular weight is 290 g/mol. The van der Waals surface area contributed by atoms with Gasteiger partial charge in [-0.25, -0.2) is 0 Å². The van der Waals surface area contributed by atoms with E-state index in [1.165, 1.54) is 11.1 Å². The highest BCUT2D eigenvalue weighted by atomic mass is 16.2. The summed E-state index contributed by atoms with van der Waals surface area (Å²) in [6, 6.07) is 8.73. The third kappa shape index (κ3) is 5.50. The lowest BCUT2D eigenvalue weighted by Gasteiger charge is -2.25. The highest BCUT2D eigenvalue weighted by molar-refractivity contribution is 5.81. The van der Waals surface area contributed by atoms with Crippen molar-refractivity contribution in [3.8, 4) is 0 Å². The number of hydrogen-bond donors (Lipinski definition) is 1. The maximum atomic E-state index is 12.0. The van der Waals surface area contributed by atoms with Crippen molar-refractivity contribution in [2.75, 3.05) is 7.05 Å². The van der Waals surface area contributed by atoms with Crippen LogP contribution in [-0.2, 0) is 16.8 Å². The fourth-order valence-electron chi connectivity index (χ4n) is 2.14. The molecular formula is C18H30N2O. The van der Waals surface area contributed by atoms with Crippen LogP contribution in [0.1, 0.15) is 52.7 Å². The van der Waals surface area contributed by atoms with Crippen molar-refractivity contribution in [1.29, 1.82) is 0 Å². The van der Waals surface area contributed by atoms with E-state index in [0.717, 1.165) is 6.54 Å². The second kappa shape index (κ2) is 7.08. The normalized spacial score (nSPS) is 13.6. The Morgan fingerprint density at radius 1 is 1.14 bits per heavy atom. The Balaban J connectivity index is 2.66. The molecule has 1 N–H and O–H groups in total. The van der Waals surface area contributed by atoms with Crippen molar-refractivity contribution >= 4 is 5.91 Å². The van der Waals surface area contributed by atoms with Crippen molar-refractivity contribution < 1.29 is 4.79 Å². The summed E-state index contributed by atoms with van der Waals surface area (Å²) in [5, 5.41) is 2.96. The highest BCUT2D eigenvalue weighted by Crippen LogP contribution is 2.22. The summed E-state index contributed by atoms with van der Waals surface area (Å²) in [6.07, 6.45) is 0. The molecule has 1 rings (SSSR count). The van der Waals surface area contributed by atoms with Crippen LogP contribution < -0.4 is 5.32 Å². The van der Waals surface area contributed by atoms with E-state index in [9.17, 15) is 4.79 Å². The van der Waals surface area contributed by atoms with Gasteiger partial charge in [-0.2, -0.15) is 0 Å². The summed E-state index contributed by atoms with van der Waals surface area (Å²) in [7, 11) is 1.99. The Labute approximate surface area is 129 Å². The minimum absolute atomic E-state index is 0.0822. The smallest absolute Gasteiger partial charge is 0.237 e. The monoisotopic (exact) mass is 290 g/mol. The number of nitrogens with zero attached hydrogens (tertiary/aromatic N) is 1. The molecule has 0 aliphatic rings. The number of carbonyl (C=O) groups excluding carboxylic acids is 1. The molecule has 0 saturated carbocycles. The second-order valence-electron chi connectivity index (χ2n) is 7.20. The number of hydrogen-bond acceptors (Lipinski definition) is 2. The van der Waals surface area contributed by atoms with Gasteiger partial charge in [0.05, 0.1) is 6.04 Å². The van der Waals surface area contributed by atoms with Gasteiger partial charge in [-0.3, -0.25) is 9.69 Å². The Morgan fingerprint density at radius 2 is 1.67 bits per heavy atom. The fraction of sp³-hybridized carbons (Fsp3) is 0.611. The number of likely N-dealkylation sites (N-methyl/N-ethyl adjacent to an activating group) is 1. The van der Waals surface area contributed by atoms with Crippen LogP contribution in [0.4, 0.5) is 0 Å². The molecule has 0 fully saturated rings. The molecule has 3 heteroatoms. The van der Waals surface area contributed by atoms with E-state index in [2.05, 4.69) is 55.3 Å². The second-order valence-corrected chi connectivity index (χ2v) is 7.20. The molecule has 0 heterocycles. The first kappa shape index (κ1) is 17.7. The Bertz CT molecular complexity index is 457. The van der Waals surface area contributed by atoms with Crippen LogP contribution >= 0.6 is 0 Å². The van der Waals surface area contributed by atoms with Gasteiger partial charge >= 0.3 is 0 Å². The third-order valence-electron chi connectivity index (χ3n) is 3.72. The predicted octanol–water partition coefficient (Wildman–Crippen LogP) is 3.33. The van der Waals surface area contributed by atoms with Gasteiger partial charge in [0.2, 0.25) is 5.91 Å². The van der Waals surface area contributed by atoms with Crippen LogP contribution in [0.25, 0.3) is 0 Å². The van der Waals surface area contributed by atoms with E-state index in [-0.39, 0.29) is 23.4 Å². The molecule has 21 heavy (non-hydrogen) atoms. The molecule has 0 unspecified atom stereocenters. The van der Waals surface area contributed by atoms with Crippen LogP contribution in [0.15, 0.2) is 24.3 Å². The van der Waals surface area contributed by atoms with Crippen LogP contribution in [0.2, 0.25) is 0 Å². The van der Waals surface area contributed by atoms with Crippen LogP contribution in [-0.4, -0.2) is 29.9 Å². The molecule has 3 nitrogen and oxygen atoms in total. The summed E-state index contributed by atoms with van der Waals surface area (Å²) in [5.41, 5.74) is 2.74. The van der Waals surface area contributed by atoms with Gasteiger partial charge in [-0.1, -0.05) is 45.0 Å². The zero-order valence-electron chi connectivity index (χ0n) is 14.5. The summed E-state index contributed by atoms with van der Waals surface area (Å²) in [4.78, 5) is 14.1. The van der Waals surface area contributed by atoms with E-state index >= 15 is 0 Å². The molecular weight excluding hydrogens is 260 g/mol. The van der Waals surface area contributed by atoms with E-state index in [4.69, 9.17) is 0 Å². The van der Waals surface area contributed by atoms with Crippen LogP contribution in [0.5, 0.6) is 0 Å². The number of nitrogens with one attached hydrogen (secondary N) is 1. The molecule has 1 aromatic carbocycles. The molecule has 0 aliphatic heterocycles. The molecule has 0 aromatic heterocycles. The fourth-order valence-corrected chi connectivity index (χ4v) is 2.14. The molecule has 0 spiro atoms. The lowest BCUT2D eigenvalue weighted by atomic mass is 9.87. The van der Waals surface area contributed by atoms with E-state index < -0.39 is 0 Å². The molecule has 0 radical (unpaired) electrons. The Kier molecular flexibility index (Phi) is 5.97. The molecule has 1 amide bonds. The van der Waals surface area contributed by atoms with Gasteiger partial charge < -0.3 is 5.32 Å². The molecule has 118 valence electrons. The third-order valence-corrected chi connectivity index (χ3v) is 3.72. The first-order valence-corrected chi connectivity index (χ1v) is 7.71. The standard InChI is InChI=1S/C18H30N2O/c1-13(2)19-17(21)14(3)20(7)12-15-8-10-16(11-9-15)18(4,5)6/h8-11,13-14H,12H2,1-7H3,(H,19,21)/t14-/m0/s1. The number of carbonyl (C=O) groups is 1. The van der Waals surface area contributed by atoms with Crippen LogP contribution in [0.3, 0.4) is 0 Å². The number of rotatable bonds is 5. The van der Waals surface area contributed by atoms with Gasteiger partial charge in [-0.15, -0.1) is 0 Å². The average Bonchev–Trinajstić information content (AvgIpc) is 2.36. The highest BCUT2D eigenvalue weighted by Gasteiger charge is 2.19. The summed E-state index contributed by atoms with van der Waals surface area (Å²) in [5.74, 6) is 0.0822. The summed E-state index contributed by atoms with van der Waals surface area (Å²) >= 11 is 0. The van der Waals surface area contributed by atoms with Crippen LogP contribution in [0, 0.1) is 0 Å². The quantitative estimate of drug-likeness (QED) is 0.902. The zero-order chi connectivity index (χ0) is 16.2. The largest absolute Gasteiger partial charge is 0.353 e. The molecule has 0 saturated heterocycles. The first-order chi connectivity index (χ1) is 9.61. The zero-order valence-corrected chi connectivity index (χ0v) is 14.5. The summed E-state index contributed by atoms with van der Waals surface area (Å²) < 4.78 is 0. The Morgan fingerprint density at radius 3 is 2.10 bits per heavy atom. The number of benzene rings is 1. The van der Waals surface area contributed by atoms with Crippen molar-refractivity contribution in [2.24, 2.45) is 0 Å². The van der Waals surface area contributed by atoms with E-state index in [1.54, 1.807) is 0 Å². The topological polar surface area (TPSA) is 32.3 Å². The lowest BCUT2D eigenvalue weighted by Crippen LogP contribution is -2.45. The maximum absolute atomic E-state index is 12.0. The van der Waals surface area contributed by atoms with Gasteiger partial charge in [0.15, 0.2) is 0 Å². The van der Waals surface area contributed by atoms with Gasteiger partial charge in [-0.05, 0) is 44.4 Å². The lowest BCUT2D eigenvalue weighted by molar-refractivity contribution is -0.126. The Hall–Kier alpha value is -1.35. The van der Waals surface area contributed by atoms with Crippen molar-refractivity contribution in [3.63, 3.8) is 0 Å². The molecule has 1 atom stereocenters. The molecule has 0 bridgehead atoms. The van der Waals surface area contributed by atoms with Crippen molar-refractivity contribution in [3.05, 3.63) is 35.4 Å². The minimum atomic E-state index is -0.130. The number of amides is 1. The molecule has 1 aromatic rings. The van der Waals surface area contributed by atoms with Crippen molar-refractivity contribution in [1.82, 2.24) is 10.2 Å². The van der Waals surface area contributed by atoms with Gasteiger partial charge in [0.1, 0.15) is 0 Å². The SMILES string of the molecule is CC(C)NC(=O)[C@H](C)N(C)Cc1ccc(C(C)(C)C)cc1.